The van der Waals surface area contributed by atoms with E-state index in [0.717, 1.165) is 36.0 Å². The van der Waals surface area contributed by atoms with Crippen LogP contribution < -0.4 is 21.7 Å². The molecule has 1 unspecified atom stereocenters. The van der Waals surface area contributed by atoms with Crippen LogP contribution >= 0.6 is 0 Å². The number of amides is 2. The number of anilines is 2. The Kier molecular flexibility index (Phi) is 7.72. The Morgan fingerprint density at radius 1 is 1.14 bits per heavy atom. The fourth-order valence-corrected chi connectivity index (χ4v) is 5.82. The first-order valence-electron chi connectivity index (χ1n) is 14.4. The molecule has 0 radical (unpaired) electrons. The number of halogens is 3. The van der Waals surface area contributed by atoms with Gasteiger partial charge in [-0.05, 0) is 50.7 Å². The molecule has 0 bridgehead atoms. The average molecular weight is 609 g/mol. The van der Waals surface area contributed by atoms with Crippen LogP contribution in [0.15, 0.2) is 65.3 Å². The molecule has 1 atom stereocenters. The number of piperazine rings is 1. The zero-order valence-electron chi connectivity index (χ0n) is 24.7. The molecule has 3 aliphatic heterocycles. The zero-order chi connectivity index (χ0) is 31.2. The molecule has 2 aromatic heterocycles. The fraction of sp³-hybridized carbons (Fsp3) is 0.367. The largest absolute Gasteiger partial charge is 0.416 e. The number of imidazole rings is 1. The zero-order valence-corrected chi connectivity index (χ0v) is 24.7. The lowest BCUT2D eigenvalue weighted by atomic mass is 10.0. The van der Waals surface area contributed by atoms with Gasteiger partial charge in [0.15, 0.2) is 11.8 Å². The number of rotatable bonds is 6. The van der Waals surface area contributed by atoms with Gasteiger partial charge in [0.25, 0.3) is 0 Å². The summed E-state index contributed by atoms with van der Waals surface area (Å²) < 4.78 is 43.9. The SMILES string of the molecule is CC(C)N1C=C(c2ccc(NC(=O)Nc3ccc(CN4CCN(C)CC4)c(C(F)(F)F)c3)c3nccn23)C2=C(N)NC=NC21. The summed E-state index contributed by atoms with van der Waals surface area (Å²) in [6, 6.07) is 6.94. The number of hydrogen-bond donors (Lipinski definition) is 4. The summed E-state index contributed by atoms with van der Waals surface area (Å²) in [7, 11) is 2.00. The third-order valence-corrected chi connectivity index (χ3v) is 8.17. The second kappa shape index (κ2) is 11.5. The van der Waals surface area contributed by atoms with E-state index in [9.17, 15) is 18.0 Å². The van der Waals surface area contributed by atoms with Gasteiger partial charge in [-0.1, -0.05) is 6.07 Å². The van der Waals surface area contributed by atoms with Crippen molar-refractivity contribution < 1.29 is 18.0 Å². The Balaban J connectivity index is 1.22. The summed E-state index contributed by atoms with van der Waals surface area (Å²) in [5.41, 5.74) is 9.14. The number of carbonyl (C=O) groups is 1. The maximum Gasteiger partial charge on any atom is 0.416 e. The number of aliphatic imine (C=N–C) groups is 1. The first-order valence-corrected chi connectivity index (χ1v) is 14.4. The molecular weight excluding hydrogens is 573 g/mol. The Labute approximate surface area is 252 Å². The van der Waals surface area contributed by atoms with E-state index in [-0.39, 0.29) is 30.0 Å². The van der Waals surface area contributed by atoms with Crippen molar-refractivity contribution in [1.29, 1.82) is 0 Å². The summed E-state index contributed by atoms with van der Waals surface area (Å²) in [5, 5.41) is 8.28. The van der Waals surface area contributed by atoms with Crippen molar-refractivity contribution >= 4 is 35.0 Å². The van der Waals surface area contributed by atoms with Crippen LogP contribution in [0.2, 0.25) is 0 Å². The predicted molar refractivity (Wildman–Crippen MR) is 164 cm³/mol. The smallest absolute Gasteiger partial charge is 0.385 e. The van der Waals surface area contributed by atoms with Crippen molar-refractivity contribution in [1.82, 2.24) is 29.4 Å². The summed E-state index contributed by atoms with van der Waals surface area (Å²) in [4.78, 5) is 28.3. The maximum atomic E-state index is 14.0. The topological polar surface area (TPSA) is 119 Å². The highest BCUT2D eigenvalue weighted by Crippen LogP contribution is 2.39. The van der Waals surface area contributed by atoms with Gasteiger partial charge < -0.3 is 31.5 Å². The minimum atomic E-state index is -4.56. The Morgan fingerprint density at radius 2 is 1.91 bits per heavy atom. The molecule has 3 aromatic rings. The number of nitrogens with one attached hydrogen (secondary N) is 3. The van der Waals surface area contributed by atoms with Gasteiger partial charge in [0.2, 0.25) is 0 Å². The van der Waals surface area contributed by atoms with Crippen molar-refractivity contribution in [2.75, 3.05) is 43.9 Å². The van der Waals surface area contributed by atoms with E-state index in [1.165, 1.54) is 12.1 Å². The molecule has 0 spiro atoms. The van der Waals surface area contributed by atoms with Crippen molar-refractivity contribution in [3.63, 3.8) is 0 Å². The van der Waals surface area contributed by atoms with Crippen molar-refractivity contribution in [3.05, 3.63) is 77.1 Å². The van der Waals surface area contributed by atoms with E-state index >= 15 is 0 Å². The molecule has 1 fully saturated rings. The van der Waals surface area contributed by atoms with Crippen molar-refractivity contribution in [2.24, 2.45) is 10.7 Å². The van der Waals surface area contributed by atoms with E-state index in [0.29, 0.717) is 30.2 Å². The number of pyridine rings is 1. The molecule has 11 nitrogen and oxygen atoms in total. The van der Waals surface area contributed by atoms with Crippen LogP contribution in [-0.4, -0.2) is 81.9 Å². The Bertz CT molecular complexity index is 1670. The van der Waals surface area contributed by atoms with Gasteiger partial charge in [-0.2, -0.15) is 13.2 Å². The number of carbonyl (C=O) groups excluding carboxylic acids is 1. The van der Waals surface area contributed by atoms with Crippen molar-refractivity contribution in [3.8, 4) is 0 Å². The Morgan fingerprint density at radius 3 is 2.64 bits per heavy atom. The van der Waals surface area contributed by atoms with Gasteiger partial charge in [-0.15, -0.1) is 0 Å². The van der Waals surface area contributed by atoms with Crippen LogP contribution in [0.25, 0.3) is 11.2 Å². The third kappa shape index (κ3) is 5.69. The van der Waals surface area contributed by atoms with Gasteiger partial charge in [-0.25, -0.2) is 14.8 Å². The maximum absolute atomic E-state index is 14.0. The van der Waals surface area contributed by atoms with Gasteiger partial charge in [0.1, 0.15) is 5.82 Å². The summed E-state index contributed by atoms with van der Waals surface area (Å²) >= 11 is 0. The summed E-state index contributed by atoms with van der Waals surface area (Å²) in [6.07, 6.45) is 2.16. The van der Waals surface area contributed by atoms with Gasteiger partial charge >= 0.3 is 12.2 Å². The molecular formula is C30H35F3N10O. The number of hydrogen-bond acceptors (Lipinski definition) is 8. The highest BCUT2D eigenvalue weighted by molar-refractivity contribution is 6.02. The summed E-state index contributed by atoms with van der Waals surface area (Å²) in [5.74, 6) is 0.502. The number of alkyl halides is 3. The number of benzene rings is 1. The molecule has 1 aromatic carbocycles. The van der Waals surface area contributed by atoms with E-state index in [1.807, 2.05) is 28.6 Å². The monoisotopic (exact) mass is 608 g/mol. The fourth-order valence-electron chi connectivity index (χ4n) is 5.82. The predicted octanol–water partition coefficient (Wildman–Crippen LogP) is 3.94. The molecule has 5 heterocycles. The lowest BCUT2D eigenvalue weighted by molar-refractivity contribution is -0.138. The molecule has 14 heteroatoms. The second-order valence-electron chi connectivity index (χ2n) is 11.5. The van der Waals surface area contributed by atoms with E-state index in [4.69, 9.17) is 5.73 Å². The minimum Gasteiger partial charge on any atom is -0.385 e. The van der Waals surface area contributed by atoms with Crippen LogP contribution in [0.4, 0.5) is 29.3 Å². The number of urea groups is 1. The van der Waals surface area contributed by atoms with E-state index < -0.39 is 17.8 Å². The molecule has 3 aliphatic rings. The molecule has 0 aliphatic carbocycles. The molecule has 2 amide bonds. The normalized spacial score (nSPS) is 19.4. The molecule has 1 saturated heterocycles. The summed E-state index contributed by atoms with van der Waals surface area (Å²) in [6.45, 7) is 7.33. The van der Waals surface area contributed by atoms with Crippen molar-refractivity contribution in [2.45, 2.75) is 38.8 Å². The lowest BCUT2D eigenvalue weighted by Gasteiger charge is -2.33. The highest BCUT2D eigenvalue weighted by Gasteiger charge is 2.37. The van der Waals surface area contributed by atoms with Crippen LogP contribution in [0.3, 0.4) is 0 Å². The van der Waals surface area contributed by atoms with Crippen LogP contribution in [0.5, 0.6) is 0 Å². The van der Waals surface area contributed by atoms with Crippen LogP contribution in [-0.2, 0) is 12.7 Å². The quantitative estimate of drug-likeness (QED) is 0.335. The first-order chi connectivity index (χ1) is 21.0. The first kappa shape index (κ1) is 29.5. The van der Waals surface area contributed by atoms with Gasteiger partial charge in [0, 0.05) is 74.2 Å². The average Bonchev–Trinajstić information content (AvgIpc) is 3.62. The number of likely N-dealkylation sites (N-methyl/N-ethyl adjacent to an activating group) is 1. The highest BCUT2D eigenvalue weighted by atomic mass is 19.4. The third-order valence-electron chi connectivity index (χ3n) is 8.17. The standard InChI is InChI=1S/C30H35F3N10O/c1-18(2)43-16-21(25-26(34)36-17-37-28(25)43)24-7-6-23(27-35-8-9-42(24)27)39-29(44)38-20-5-4-19(22(14-20)30(31,32)33)15-41-12-10-40(3)11-13-41/h4-9,14,16-18,28H,10-13,15,34H2,1-3H3,(H,36,37)(H2,38,39,44). The van der Waals surface area contributed by atoms with Crippen LogP contribution in [0, 0.1) is 0 Å². The Hall–Kier alpha value is -4.56. The molecule has 232 valence electrons. The number of aromatic nitrogens is 2. The molecule has 44 heavy (non-hydrogen) atoms. The van der Waals surface area contributed by atoms with E-state index in [2.05, 4.69) is 49.6 Å². The van der Waals surface area contributed by atoms with Gasteiger partial charge in [0.05, 0.1) is 23.3 Å². The number of nitrogens with zero attached hydrogens (tertiary/aromatic N) is 6. The molecule has 6 rings (SSSR count). The lowest BCUT2D eigenvalue weighted by Crippen LogP contribution is -2.44. The van der Waals surface area contributed by atoms with Gasteiger partial charge in [-0.3, -0.25) is 9.30 Å². The minimum absolute atomic E-state index is 0.0385. The van der Waals surface area contributed by atoms with Crippen LogP contribution in [0.1, 0.15) is 30.7 Å². The molecule has 5 N–H and O–H groups in total. The van der Waals surface area contributed by atoms with E-state index in [1.54, 1.807) is 24.8 Å². The molecule has 0 saturated carbocycles. The second-order valence-corrected chi connectivity index (χ2v) is 11.5. The number of fused-ring (bicyclic) bond motifs is 2. The number of nitrogens with two attached hydrogens (primary N) is 1.